The normalized spacial score (nSPS) is 10.9. The molecule has 6 nitrogen and oxygen atoms in total. The Labute approximate surface area is 161 Å². The van der Waals surface area contributed by atoms with Gasteiger partial charge in [-0.3, -0.25) is 4.79 Å². The number of H-pyrrole nitrogens is 1. The van der Waals surface area contributed by atoms with E-state index in [9.17, 15) is 19.1 Å². The van der Waals surface area contributed by atoms with E-state index in [2.05, 4.69) is 10.3 Å². The average Bonchev–Trinajstić information content (AvgIpc) is 2.64. The van der Waals surface area contributed by atoms with Crippen LogP contribution in [0.2, 0.25) is 0 Å². The van der Waals surface area contributed by atoms with Crippen LogP contribution in [-0.4, -0.2) is 34.2 Å². The number of rotatable bonds is 5. The van der Waals surface area contributed by atoms with E-state index in [1.165, 1.54) is 23.1 Å². The highest BCUT2D eigenvalue weighted by atomic mass is 19.1. The molecule has 1 heterocycles. The minimum Gasteiger partial charge on any atom is -0.395 e. The second kappa shape index (κ2) is 8.22. The van der Waals surface area contributed by atoms with Gasteiger partial charge in [-0.1, -0.05) is 23.8 Å². The van der Waals surface area contributed by atoms with Crippen molar-refractivity contribution in [2.45, 2.75) is 20.4 Å². The third-order valence-electron chi connectivity index (χ3n) is 4.50. The number of carbonyl (C=O) groups excluding carboxylic acids is 1. The Hall–Kier alpha value is -3.19. The molecule has 0 radical (unpaired) electrons. The van der Waals surface area contributed by atoms with Gasteiger partial charge in [0.15, 0.2) is 0 Å². The first-order valence-electron chi connectivity index (χ1n) is 8.93. The summed E-state index contributed by atoms with van der Waals surface area (Å²) in [6.07, 6.45) is 0. The van der Waals surface area contributed by atoms with Crippen molar-refractivity contribution in [2.24, 2.45) is 0 Å². The third kappa shape index (κ3) is 4.20. The Bertz CT molecular complexity index is 1080. The molecule has 2 aromatic carbocycles. The van der Waals surface area contributed by atoms with Gasteiger partial charge < -0.3 is 20.3 Å². The molecule has 0 aliphatic heterocycles. The van der Waals surface area contributed by atoms with E-state index in [0.717, 1.165) is 22.0 Å². The number of hydrogen-bond acceptors (Lipinski definition) is 3. The van der Waals surface area contributed by atoms with Crippen LogP contribution in [-0.2, 0) is 6.54 Å². The minimum absolute atomic E-state index is 0.00457. The van der Waals surface area contributed by atoms with Crippen molar-refractivity contribution in [1.82, 2.24) is 9.88 Å². The SMILES string of the molecule is Cc1cc(C)c2[nH]c(=O)c(CN(CCO)C(=O)Nc3ccccc3F)cc2c1. The predicted octanol–water partition coefficient (Wildman–Crippen LogP) is 3.31. The predicted molar refractivity (Wildman–Crippen MR) is 107 cm³/mol. The number of halogens is 1. The molecule has 1 aromatic heterocycles. The van der Waals surface area contributed by atoms with Crippen LogP contribution in [0.5, 0.6) is 0 Å². The summed E-state index contributed by atoms with van der Waals surface area (Å²) < 4.78 is 13.8. The highest BCUT2D eigenvalue weighted by Crippen LogP contribution is 2.19. The summed E-state index contributed by atoms with van der Waals surface area (Å²) in [5, 5.41) is 12.7. The van der Waals surface area contributed by atoms with E-state index >= 15 is 0 Å². The maximum Gasteiger partial charge on any atom is 0.322 e. The smallest absolute Gasteiger partial charge is 0.322 e. The zero-order valence-electron chi connectivity index (χ0n) is 15.8. The second-order valence-electron chi connectivity index (χ2n) is 6.72. The topological polar surface area (TPSA) is 85.4 Å². The number of carbonyl (C=O) groups is 1. The van der Waals surface area contributed by atoms with Crippen molar-refractivity contribution >= 4 is 22.6 Å². The van der Waals surface area contributed by atoms with Gasteiger partial charge in [-0.05, 0) is 49.1 Å². The van der Waals surface area contributed by atoms with Crippen LogP contribution in [0.25, 0.3) is 10.9 Å². The molecular formula is C21H22FN3O3. The molecule has 28 heavy (non-hydrogen) atoms. The van der Waals surface area contributed by atoms with Gasteiger partial charge in [-0.2, -0.15) is 0 Å². The van der Waals surface area contributed by atoms with Crippen molar-refractivity contribution < 1.29 is 14.3 Å². The molecule has 0 saturated heterocycles. The number of hydrogen-bond donors (Lipinski definition) is 3. The molecule has 3 rings (SSSR count). The number of aliphatic hydroxyl groups excluding tert-OH is 1. The van der Waals surface area contributed by atoms with E-state index in [1.807, 2.05) is 26.0 Å². The van der Waals surface area contributed by atoms with Crippen molar-refractivity contribution in [2.75, 3.05) is 18.5 Å². The van der Waals surface area contributed by atoms with E-state index in [-0.39, 0.29) is 30.9 Å². The highest BCUT2D eigenvalue weighted by molar-refractivity contribution is 5.89. The monoisotopic (exact) mass is 383 g/mol. The molecule has 0 aliphatic carbocycles. The molecule has 0 atom stereocenters. The van der Waals surface area contributed by atoms with Gasteiger partial charge in [-0.15, -0.1) is 0 Å². The molecule has 146 valence electrons. The Morgan fingerprint density at radius 2 is 1.96 bits per heavy atom. The number of aliphatic hydroxyl groups is 1. The maximum absolute atomic E-state index is 13.8. The summed E-state index contributed by atoms with van der Waals surface area (Å²) in [5.74, 6) is -0.561. The number of benzene rings is 2. The van der Waals surface area contributed by atoms with Gasteiger partial charge in [0.05, 0.1) is 24.4 Å². The molecule has 7 heteroatoms. The molecule has 3 aromatic rings. The number of nitrogens with zero attached hydrogens (tertiary/aromatic N) is 1. The number of amides is 2. The quantitative estimate of drug-likeness (QED) is 0.632. The van der Waals surface area contributed by atoms with Crippen LogP contribution in [0.1, 0.15) is 16.7 Å². The number of aromatic amines is 1. The van der Waals surface area contributed by atoms with Crippen molar-refractivity contribution in [3.63, 3.8) is 0 Å². The van der Waals surface area contributed by atoms with Crippen LogP contribution < -0.4 is 10.9 Å². The van der Waals surface area contributed by atoms with E-state index in [4.69, 9.17) is 0 Å². The summed E-state index contributed by atoms with van der Waals surface area (Å²) in [7, 11) is 0. The number of aryl methyl sites for hydroxylation is 2. The van der Waals surface area contributed by atoms with Gasteiger partial charge in [0, 0.05) is 12.1 Å². The number of aromatic nitrogens is 1. The molecule has 0 unspecified atom stereocenters. The number of para-hydroxylation sites is 1. The van der Waals surface area contributed by atoms with Gasteiger partial charge in [0.2, 0.25) is 0 Å². The number of urea groups is 1. The number of fused-ring (bicyclic) bond motifs is 1. The summed E-state index contributed by atoms with van der Waals surface area (Å²) in [4.78, 5) is 29.2. The summed E-state index contributed by atoms with van der Waals surface area (Å²) in [5.41, 5.74) is 2.89. The summed E-state index contributed by atoms with van der Waals surface area (Å²) >= 11 is 0. The van der Waals surface area contributed by atoms with Crippen molar-refractivity contribution in [3.05, 3.63) is 75.3 Å². The van der Waals surface area contributed by atoms with E-state index in [0.29, 0.717) is 5.56 Å². The standard InChI is InChI=1S/C21H22FN3O3/c1-13-9-14(2)19-15(10-13)11-16(20(27)24-19)12-25(7-8-26)21(28)23-18-6-4-3-5-17(18)22/h3-6,9-11,26H,7-8,12H2,1-2H3,(H,23,28)(H,24,27). The third-order valence-corrected chi connectivity index (χ3v) is 4.50. The molecule has 0 fully saturated rings. The molecule has 3 N–H and O–H groups in total. The van der Waals surface area contributed by atoms with Crippen LogP contribution in [0.4, 0.5) is 14.9 Å². The van der Waals surface area contributed by atoms with Gasteiger partial charge in [-0.25, -0.2) is 9.18 Å². The first-order valence-corrected chi connectivity index (χ1v) is 8.93. The van der Waals surface area contributed by atoms with Gasteiger partial charge >= 0.3 is 6.03 Å². The zero-order chi connectivity index (χ0) is 20.3. The lowest BCUT2D eigenvalue weighted by Gasteiger charge is -2.22. The van der Waals surface area contributed by atoms with E-state index in [1.54, 1.807) is 12.1 Å². The first-order chi connectivity index (χ1) is 13.4. The molecule has 0 saturated carbocycles. The number of pyridine rings is 1. The van der Waals surface area contributed by atoms with Gasteiger partial charge in [0.25, 0.3) is 5.56 Å². The highest BCUT2D eigenvalue weighted by Gasteiger charge is 2.17. The fourth-order valence-electron chi connectivity index (χ4n) is 3.19. The number of nitrogens with one attached hydrogen (secondary N) is 2. The summed E-state index contributed by atoms with van der Waals surface area (Å²) in [6.45, 7) is 3.60. The summed E-state index contributed by atoms with van der Waals surface area (Å²) in [6, 6.07) is 10.9. The van der Waals surface area contributed by atoms with Crippen LogP contribution >= 0.6 is 0 Å². The molecule has 0 bridgehead atoms. The Kier molecular flexibility index (Phi) is 5.75. The van der Waals surface area contributed by atoms with Crippen LogP contribution in [0.15, 0.2) is 47.3 Å². The van der Waals surface area contributed by atoms with Crippen molar-refractivity contribution in [1.29, 1.82) is 0 Å². The maximum atomic E-state index is 13.8. The lowest BCUT2D eigenvalue weighted by molar-refractivity contribution is 0.185. The van der Waals surface area contributed by atoms with Gasteiger partial charge in [0.1, 0.15) is 5.82 Å². The van der Waals surface area contributed by atoms with Crippen LogP contribution in [0, 0.1) is 19.7 Å². The second-order valence-corrected chi connectivity index (χ2v) is 6.72. The van der Waals surface area contributed by atoms with Crippen LogP contribution in [0.3, 0.4) is 0 Å². The molecular weight excluding hydrogens is 361 g/mol. The largest absolute Gasteiger partial charge is 0.395 e. The lowest BCUT2D eigenvalue weighted by Crippen LogP contribution is -2.38. The fraction of sp³-hybridized carbons (Fsp3) is 0.238. The Balaban J connectivity index is 1.89. The molecule has 2 amide bonds. The number of anilines is 1. The Morgan fingerprint density at radius 3 is 2.68 bits per heavy atom. The minimum atomic E-state index is -0.598. The Morgan fingerprint density at radius 1 is 1.21 bits per heavy atom. The average molecular weight is 383 g/mol. The molecule has 0 spiro atoms. The fourth-order valence-corrected chi connectivity index (χ4v) is 3.19. The van der Waals surface area contributed by atoms with Crippen molar-refractivity contribution in [3.8, 4) is 0 Å². The zero-order valence-corrected chi connectivity index (χ0v) is 15.8. The lowest BCUT2D eigenvalue weighted by atomic mass is 10.1. The van der Waals surface area contributed by atoms with E-state index < -0.39 is 11.8 Å². The molecule has 0 aliphatic rings. The first kappa shape index (κ1) is 19.6.